The average molecular weight is 361 g/mol. The van der Waals surface area contributed by atoms with Gasteiger partial charge in [-0.2, -0.15) is 5.10 Å². The van der Waals surface area contributed by atoms with Crippen molar-refractivity contribution in [1.82, 2.24) is 14.8 Å². The summed E-state index contributed by atoms with van der Waals surface area (Å²) in [7, 11) is 0. The molecule has 3 rings (SSSR count). The zero-order valence-corrected chi connectivity index (χ0v) is 12.8. The lowest BCUT2D eigenvalue weighted by Gasteiger charge is -2.10. The number of nitrogens with one attached hydrogen (secondary N) is 1. The van der Waals surface area contributed by atoms with Gasteiger partial charge in [-0.15, -0.1) is 0 Å². The second kappa shape index (κ2) is 6.07. The summed E-state index contributed by atoms with van der Waals surface area (Å²) in [6.07, 6.45) is 4.90. The smallest absolute Gasteiger partial charge is 0.258 e. The van der Waals surface area contributed by atoms with Crippen LogP contribution in [-0.4, -0.2) is 20.7 Å². The summed E-state index contributed by atoms with van der Waals surface area (Å²) >= 11 is 3.16. The van der Waals surface area contributed by atoms with Gasteiger partial charge in [0.2, 0.25) is 0 Å². The van der Waals surface area contributed by atoms with Gasteiger partial charge in [0.25, 0.3) is 5.91 Å². The lowest BCUT2D eigenvalue weighted by Crippen LogP contribution is -2.16. The summed E-state index contributed by atoms with van der Waals surface area (Å²) in [5, 5.41) is 6.74. The fraction of sp³-hybridized carbons (Fsp3) is 0. The van der Waals surface area contributed by atoms with Crippen molar-refractivity contribution in [2.24, 2.45) is 0 Å². The quantitative estimate of drug-likeness (QED) is 0.778. The molecule has 0 radical (unpaired) electrons. The van der Waals surface area contributed by atoms with Crippen LogP contribution in [0.4, 0.5) is 10.1 Å². The first kappa shape index (κ1) is 14.4. The molecule has 2 heterocycles. The number of carbonyl (C=O) groups is 1. The van der Waals surface area contributed by atoms with E-state index in [0.717, 1.165) is 0 Å². The Labute approximate surface area is 133 Å². The zero-order valence-electron chi connectivity index (χ0n) is 11.2. The first-order chi connectivity index (χ1) is 10.6. The molecule has 0 fully saturated rings. The number of nitrogens with zero attached hydrogens (tertiary/aromatic N) is 3. The minimum Gasteiger partial charge on any atom is -0.319 e. The summed E-state index contributed by atoms with van der Waals surface area (Å²) in [5.41, 5.74) is 0.400. The third kappa shape index (κ3) is 2.89. The van der Waals surface area contributed by atoms with Crippen LogP contribution in [-0.2, 0) is 0 Å². The molecular weight excluding hydrogens is 351 g/mol. The number of halogens is 2. The van der Waals surface area contributed by atoms with Gasteiger partial charge in [0, 0.05) is 23.1 Å². The van der Waals surface area contributed by atoms with E-state index < -0.39 is 11.7 Å². The van der Waals surface area contributed by atoms with Crippen LogP contribution in [0.3, 0.4) is 0 Å². The van der Waals surface area contributed by atoms with Crippen molar-refractivity contribution in [1.29, 1.82) is 0 Å². The van der Waals surface area contributed by atoms with Crippen molar-refractivity contribution in [3.8, 4) is 5.82 Å². The molecular formula is C15H10BrFN4O. The predicted molar refractivity (Wildman–Crippen MR) is 83.4 cm³/mol. The van der Waals surface area contributed by atoms with E-state index in [4.69, 9.17) is 0 Å². The topological polar surface area (TPSA) is 59.8 Å². The molecule has 7 heteroatoms. The van der Waals surface area contributed by atoms with Crippen LogP contribution in [0.2, 0.25) is 0 Å². The summed E-state index contributed by atoms with van der Waals surface area (Å²) in [6.45, 7) is 0. The van der Waals surface area contributed by atoms with Crippen LogP contribution < -0.4 is 5.32 Å². The van der Waals surface area contributed by atoms with Crippen molar-refractivity contribution in [2.45, 2.75) is 0 Å². The monoisotopic (exact) mass is 360 g/mol. The molecule has 1 N–H and O–H groups in total. The Morgan fingerprint density at radius 1 is 1.23 bits per heavy atom. The Kier molecular flexibility index (Phi) is 3.97. The van der Waals surface area contributed by atoms with Gasteiger partial charge in [-0.3, -0.25) is 4.79 Å². The van der Waals surface area contributed by atoms with Gasteiger partial charge in [-0.1, -0.05) is 15.9 Å². The number of hydrogen-bond acceptors (Lipinski definition) is 3. The van der Waals surface area contributed by atoms with E-state index in [-0.39, 0.29) is 5.56 Å². The number of amides is 1. The highest BCUT2D eigenvalue weighted by atomic mass is 79.9. The summed E-state index contributed by atoms with van der Waals surface area (Å²) < 4.78 is 15.9. The van der Waals surface area contributed by atoms with Crippen molar-refractivity contribution in [3.05, 3.63) is 70.8 Å². The molecule has 0 bridgehead atoms. The molecule has 110 valence electrons. The number of anilines is 1. The zero-order chi connectivity index (χ0) is 15.5. The van der Waals surface area contributed by atoms with Crippen molar-refractivity contribution >= 4 is 27.5 Å². The van der Waals surface area contributed by atoms with Gasteiger partial charge in [-0.25, -0.2) is 14.1 Å². The summed E-state index contributed by atoms with van der Waals surface area (Å²) in [5.74, 6) is -0.693. The van der Waals surface area contributed by atoms with Gasteiger partial charge >= 0.3 is 0 Å². The number of benzene rings is 1. The summed E-state index contributed by atoms with van der Waals surface area (Å²) in [4.78, 5) is 16.4. The molecule has 3 aromatic rings. The van der Waals surface area contributed by atoms with Gasteiger partial charge in [0.1, 0.15) is 5.82 Å². The number of aromatic nitrogens is 3. The molecule has 0 saturated carbocycles. The van der Waals surface area contributed by atoms with E-state index in [9.17, 15) is 9.18 Å². The lowest BCUT2D eigenvalue weighted by atomic mass is 10.2. The van der Waals surface area contributed by atoms with Crippen molar-refractivity contribution in [3.63, 3.8) is 0 Å². The molecule has 2 aromatic heterocycles. The molecule has 1 amide bonds. The molecule has 0 aliphatic heterocycles. The molecule has 1 aromatic carbocycles. The molecule has 0 aliphatic carbocycles. The molecule has 0 atom stereocenters. The third-order valence-electron chi connectivity index (χ3n) is 2.93. The predicted octanol–water partition coefficient (Wildman–Crippen LogP) is 3.42. The highest BCUT2D eigenvalue weighted by Gasteiger charge is 2.15. The van der Waals surface area contributed by atoms with E-state index >= 15 is 0 Å². The first-order valence-electron chi connectivity index (χ1n) is 6.36. The minimum absolute atomic E-state index is 0.0431. The normalized spacial score (nSPS) is 10.5. The SMILES string of the molecule is O=C(Nc1cccnc1-n1cccn1)c1ccc(Br)cc1F. The van der Waals surface area contributed by atoms with Gasteiger partial charge in [-0.05, 0) is 36.4 Å². The van der Waals surface area contributed by atoms with E-state index in [2.05, 4.69) is 31.3 Å². The molecule has 0 aliphatic rings. The highest BCUT2D eigenvalue weighted by molar-refractivity contribution is 9.10. The number of carbonyl (C=O) groups excluding carboxylic acids is 1. The van der Waals surface area contributed by atoms with Crippen LogP contribution in [0.1, 0.15) is 10.4 Å². The van der Waals surface area contributed by atoms with Crippen molar-refractivity contribution < 1.29 is 9.18 Å². The number of pyridine rings is 1. The fourth-order valence-corrected chi connectivity index (χ4v) is 2.27. The Balaban J connectivity index is 1.92. The minimum atomic E-state index is -0.601. The number of rotatable bonds is 3. The number of hydrogen-bond donors (Lipinski definition) is 1. The largest absolute Gasteiger partial charge is 0.319 e. The van der Waals surface area contributed by atoms with Crippen LogP contribution in [0, 0.1) is 5.82 Å². The van der Waals surface area contributed by atoms with Gasteiger partial charge in [0.05, 0.1) is 11.3 Å². The maximum Gasteiger partial charge on any atom is 0.258 e. The fourth-order valence-electron chi connectivity index (χ4n) is 1.93. The third-order valence-corrected chi connectivity index (χ3v) is 3.43. The first-order valence-corrected chi connectivity index (χ1v) is 7.16. The Bertz CT molecular complexity index is 820. The van der Waals surface area contributed by atoms with E-state index in [1.54, 1.807) is 42.9 Å². The van der Waals surface area contributed by atoms with Crippen LogP contribution in [0.25, 0.3) is 5.82 Å². The van der Waals surface area contributed by atoms with E-state index in [1.807, 2.05) is 0 Å². The van der Waals surface area contributed by atoms with Crippen LogP contribution >= 0.6 is 15.9 Å². The molecule has 0 spiro atoms. The molecule has 0 saturated heterocycles. The average Bonchev–Trinajstić information content (AvgIpc) is 3.01. The van der Waals surface area contributed by atoms with Gasteiger partial charge in [0.15, 0.2) is 5.82 Å². The lowest BCUT2D eigenvalue weighted by molar-refractivity contribution is 0.102. The molecule has 5 nitrogen and oxygen atoms in total. The highest BCUT2D eigenvalue weighted by Crippen LogP contribution is 2.20. The van der Waals surface area contributed by atoms with Gasteiger partial charge < -0.3 is 5.32 Å². The Morgan fingerprint density at radius 3 is 2.82 bits per heavy atom. The summed E-state index contributed by atoms with van der Waals surface area (Å²) in [6, 6.07) is 9.37. The maximum atomic E-state index is 13.9. The molecule has 22 heavy (non-hydrogen) atoms. The second-order valence-electron chi connectivity index (χ2n) is 4.40. The second-order valence-corrected chi connectivity index (χ2v) is 5.32. The van der Waals surface area contributed by atoms with Crippen LogP contribution in [0.5, 0.6) is 0 Å². The van der Waals surface area contributed by atoms with E-state index in [1.165, 1.54) is 16.8 Å². The van der Waals surface area contributed by atoms with Crippen molar-refractivity contribution in [2.75, 3.05) is 5.32 Å². The Hall–Kier alpha value is -2.54. The standard InChI is InChI=1S/C15H10BrFN4O/c16-10-4-5-11(12(17)9-10)15(22)20-13-3-1-6-18-14(13)21-8-2-7-19-21/h1-9H,(H,20,22). The Morgan fingerprint density at radius 2 is 2.09 bits per heavy atom. The van der Waals surface area contributed by atoms with E-state index in [0.29, 0.717) is 16.0 Å². The molecule has 0 unspecified atom stereocenters. The van der Waals surface area contributed by atoms with Crippen LogP contribution in [0.15, 0.2) is 59.5 Å². The maximum absolute atomic E-state index is 13.9.